The first-order valence-electron chi connectivity index (χ1n) is 6.39. The monoisotopic (exact) mass is 297 g/mol. The summed E-state index contributed by atoms with van der Waals surface area (Å²) in [6, 6.07) is 1.09. The molecule has 1 N–H and O–H groups in total. The molecule has 110 valence electrons. The third-order valence-electron chi connectivity index (χ3n) is 3.48. The molecule has 0 aromatic carbocycles. The number of aliphatic hydroxyl groups excluding tert-OH is 1. The van der Waals surface area contributed by atoms with Gasteiger partial charge in [-0.05, 0) is 20.1 Å². The van der Waals surface area contributed by atoms with E-state index in [-0.39, 0.29) is 17.3 Å². The molecule has 6 nitrogen and oxygen atoms in total. The molecule has 0 radical (unpaired) electrons. The van der Waals surface area contributed by atoms with Crippen LogP contribution in [0.2, 0.25) is 0 Å². The zero-order chi connectivity index (χ0) is 14.9. The lowest BCUT2D eigenvalue weighted by atomic mass is 10.3. The molecule has 2 heterocycles. The number of amides is 2. The van der Waals surface area contributed by atoms with Crippen molar-refractivity contribution in [2.24, 2.45) is 0 Å². The van der Waals surface area contributed by atoms with Gasteiger partial charge in [0.2, 0.25) is 0 Å². The number of carbonyl (C=O) groups excluding carboxylic acids is 1. The van der Waals surface area contributed by atoms with E-state index in [0.29, 0.717) is 18.1 Å². The molecule has 1 aromatic heterocycles. The zero-order valence-corrected chi connectivity index (χ0v) is 12.6. The normalized spacial score (nSPS) is 24.3. The minimum Gasteiger partial charge on any atom is -0.371 e. The van der Waals surface area contributed by atoms with E-state index < -0.39 is 6.23 Å². The van der Waals surface area contributed by atoms with Gasteiger partial charge < -0.3 is 14.5 Å². The Morgan fingerprint density at radius 1 is 1.70 bits per heavy atom. The molecule has 0 bridgehead atoms. The highest BCUT2D eigenvalue weighted by atomic mass is 32.2. The molecule has 1 saturated heterocycles. The fourth-order valence-electron chi connectivity index (χ4n) is 2.12. The maximum absolute atomic E-state index is 12.3. The minimum absolute atomic E-state index is 0.146. The Balaban J connectivity index is 2.26. The van der Waals surface area contributed by atoms with Crippen LogP contribution in [0.15, 0.2) is 23.2 Å². The summed E-state index contributed by atoms with van der Waals surface area (Å²) in [5, 5.41) is 14.3. The fourth-order valence-corrected chi connectivity index (χ4v) is 2.46. The number of aliphatic hydroxyl groups is 1. The molecule has 1 aliphatic heterocycles. The van der Waals surface area contributed by atoms with Crippen molar-refractivity contribution >= 4 is 23.6 Å². The predicted octanol–water partition coefficient (Wildman–Crippen LogP) is 2.23. The molecule has 2 amide bonds. The number of anilines is 1. The van der Waals surface area contributed by atoms with E-state index in [1.165, 1.54) is 4.90 Å². The highest BCUT2D eigenvalue weighted by Crippen LogP contribution is 2.32. The Morgan fingerprint density at radius 2 is 2.40 bits per heavy atom. The van der Waals surface area contributed by atoms with Gasteiger partial charge >= 0.3 is 6.03 Å². The molecule has 3 atom stereocenters. The lowest BCUT2D eigenvalue weighted by molar-refractivity contribution is 0.132. The van der Waals surface area contributed by atoms with Crippen LogP contribution in [-0.4, -0.2) is 46.3 Å². The van der Waals surface area contributed by atoms with Crippen molar-refractivity contribution in [3.8, 4) is 0 Å². The number of nitrogens with zero attached hydrogens (tertiary/aromatic N) is 3. The number of aromatic nitrogens is 1. The van der Waals surface area contributed by atoms with Crippen molar-refractivity contribution in [3.63, 3.8) is 0 Å². The highest BCUT2D eigenvalue weighted by molar-refractivity contribution is 7.98. The Hall–Kier alpha value is -1.47. The van der Waals surface area contributed by atoms with Crippen LogP contribution in [0.25, 0.3) is 0 Å². The summed E-state index contributed by atoms with van der Waals surface area (Å²) >= 11 is 1.62. The molecule has 1 aromatic rings. The summed E-state index contributed by atoms with van der Waals surface area (Å²) in [4.78, 5) is 15.1. The first-order valence-corrected chi connectivity index (χ1v) is 7.68. The molecule has 3 unspecified atom stereocenters. The summed E-state index contributed by atoms with van der Waals surface area (Å²) < 4.78 is 5.24. The average molecular weight is 297 g/mol. The zero-order valence-electron chi connectivity index (χ0n) is 11.8. The molecular formula is C13H19N3O3S. The van der Waals surface area contributed by atoms with Gasteiger partial charge in [-0.1, -0.05) is 11.2 Å². The summed E-state index contributed by atoms with van der Waals surface area (Å²) in [6.07, 6.45) is 2.66. The van der Waals surface area contributed by atoms with E-state index >= 15 is 0 Å². The first-order chi connectivity index (χ1) is 9.51. The van der Waals surface area contributed by atoms with Gasteiger partial charge in [0.15, 0.2) is 17.8 Å². The van der Waals surface area contributed by atoms with Gasteiger partial charge in [-0.15, -0.1) is 6.58 Å². The maximum atomic E-state index is 12.3. The van der Waals surface area contributed by atoms with Gasteiger partial charge in [0.1, 0.15) is 0 Å². The quantitative estimate of drug-likeness (QED) is 0.844. The number of thioether (sulfide) groups is 1. The Morgan fingerprint density at radius 3 is 3.00 bits per heavy atom. The lowest BCUT2D eigenvalue weighted by Crippen LogP contribution is -2.35. The van der Waals surface area contributed by atoms with Crippen molar-refractivity contribution < 1.29 is 14.4 Å². The fraction of sp³-hybridized carbons (Fsp3) is 0.538. The Labute approximate surface area is 122 Å². The van der Waals surface area contributed by atoms with Crippen LogP contribution in [0, 0.1) is 0 Å². The van der Waals surface area contributed by atoms with Crippen LogP contribution < -0.4 is 4.90 Å². The number of urea groups is 1. The van der Waals surface area contributed by atoms with E-state index in [0.717, 1.165) is 0 Å². The third-order valence-corrected chi connectivity index (χ3v) is 4.42. The Kier molecular flexibility index (Phi) is 4.39. The van der Waals surface area contributed by atoms with Crippen molar-refractivity contribution in [3.05, 3.63) is 24.5 Å². The summed E-state index contributed by atoms with van der Waals surface area (Å²) in [7, 11) is 0. The number of hydrogen-bond acceptors (Lipinski definition) is 5. The van der Waals surface area contributed by atoms with Gasteiger partial charge in [0.05, 0.1) is 11.3 Å². The molecule has 20 heavy (non-hydrogen) atoms. The molecule has 0 aliphatic carbocycles. The summed E-state index contributed by atoms with van der Waals surface area (Å²) in [5.41, 5.74) is 0. The van der Waals surface area contributed by atoms with Gasteiger partial charge in [-0.3, -0.25) is 0 Å². The van der Waals surface area contributed by atoms with E-state index in [1.807, 2.05) is 13.2 Å². The number of rotatable bonds is 5. The molecule has 0 spiro atoms. The van der Waals surface area contributed by atoms with E-state index in [9.17, 15) is 9.90 Å². The molecular weight excluding hydrogens is 278 g/mol. The van der Waals surface area contributed by atoms with E-state index in [1.54, 1.807) is 35.7 Å². The van der Waals surface area contributed by atoms with E-state index in [4.69, 9.17) is 4.52 Å². The molecule has 1 fully saturated rings. The number of carbonyl (C=O) groups is 1. The largest absolute Gasteiger partial charge is 0.371 e. The third kappa shape index (κ3) is 2.43. The van der Waals surface area contributed by atoms with Gasteiger partial charge in [-0.2, -0.15) is 11.8 Å². The second-order valence-corrected chi connectivity index (χ2v) is 5.89. The summed E-state index contributed by atoms with van der Waals surface area (Å²) in [5.74, 6) is 1.03. The second kappa shape index (κ2) is 5.88. The van der Waals surface area contributed by atoms with Gasteiger partial charge in [0.25, 0.3) is 0 Å². The Bertz CT molecular complexity index is 505. The summed E-state index contributed by atoms with van der Waals surface area (Å²) in [6.45, 7) is 7.79. The molecule has 2 rings (SSSR count). The van der Waals surface area contributed by atoms with Gasteiger partial charge in [-0.25, -0.2) is 9.69 Å². The van der Waals surface area contributed by atoms with Crippen LogP contribution in [0.3, 0.4) is 0 Å². The van der Waals surface area contributed by atoms with Crippen molar-refractivity contribution in [2.75, 3.05) is 17.7 Å². The second-order valence-electron chi connectivity index (χ2n) is 4.71. The van der Waals surface area contributed by atoms with Crippen LogP contribution in [0.1, 0.15) is 24.9 Å². The standard InChI is InChI=1S/C13H19N3O3S/c1-5-6-15-8(2)12(17)16(13(15)18)11-7-10(19-14-11)9(3)20-4/h5,7-9,12,17H,1,6H2,2-4H3. The van der Waals surface area contributed by atoms with Crippen molar-refractivity contribution in [1.82, 2.24) is 10.1 Å². The van der Waals surface area contributed by atoms with E-state index in [2.05, 4.69) is 11.7 Å². The van der Waals surface area contributed by atoms with Crippen molar-refractivity contribution in [1.29, 1.82) is 0 Å². The molecule has 1 aliphatic rings. The molecule has 7 heteroatoms. The lowest BCUT2D eigenvalue weighted by Gasteiger charge is -2.17. The van der Waals surface area contributed by atoms with Gasteiger partial charge in [0, 0.05) is 12.6 Å². The topological polar surface area (TPSA) is 69.8 Å². The SMILES string of the molecule is C=CCN1C(=O)N(c2cc(C(C)SC)on2)C(O)C1C. The first kappa shape index (κ1) is 14.9. The number of hydrogen-bond donors (Lipinski definition) is 1. The van der Waals surface area contributed by atoms with Crippen LogP contribution in [-0.2, 0) is 0 Å². The minimum atomic E-state index is -0.940. The maximum Gasteiger partial charge on any atom is 0.328 e. The van der Waals surface area contributed by atoms with Crippen LogP contribution >= 0.6 is 11.8 Å². The average Bonchev–Trinajstić information content (AvgIpc) is 2.98. The van der Waals surface area contributed by atoms with Crippen LogP contribution in [0.4, 0.5) is 10.6 Å². The molecule has 0 saturated carbocycles. The highest BCUT2D eigenvalue weighted by Gasteiger charge is 2.44. The van der Waals surface area contributed by atoms with Crippen LogP contribution in [0.5, 0.6) is 0 Å². The smallest absolute Gasteiger partial charge is 0.328 e. The predicted molar refractivity (Wildman–Crippen MR) is 78.7 cm³/mol. The van der Waals surface area contributed by atoms with Crippen molar-refractivity contribution in [2.45, 2.75) is 31.4 Å².